The Balaban J connectivity index is 1.65. The van der Waals surface area contributed by atoms with E-state index in [1.165, 1.54) is 11.3 Å². The van der Waals surface area contributed by atoms with Crippen LogP contribution in [0.2, 0.25) is 0 Å². The molecule has 5 heterocycles. The Morgan fingerprint density at radius 2 is 1.46 bits per heavy atom. The number of hydrogen-bond donors (Lipinski definition) is 3. The lowest BCUT2D eigenvalue weighted by Crippen LogP contribution is -1.95. The van der Waals surface area contributed by atoms with Crippen LogP contribution in [0.25, 0.3) is 54.2 Å². The first-order chi connectivity index (χ1) is 13.7. The first kappa shape index (κ1) is 16.0. The van der Waals surface area contributed by atoms with Crippen molar-refractivity contribution in [2.75, 3.05) is 0 Å². The molecule has 0 saturated heterocycles. The van der Waals surface area contributed by atoms with Gasteiger partial charge in [0, 0.05) is 27.3 Å². The number of fused-ring (bicyclic) bond motifs is 3. The van der Waals surface area contributed by atoms with E-state index < -0.39 is 5.97 Å². The first-order valence-electron chi connectivity index (χ1n) is 8.34. The second-order valence-corrected chi connectivity index (χ2v) is 8.94. The highest BCUT2D eigenvalue weighted by Crippen LogP contribution is 2.40. The minimum Gasteiger partial charge on any atom is -0.477 e. The van der Waals surface area contributed by atoms with Gasteiger partial charge in [0.1, 0.15) is 26.2 Å². The van der Waals surface area contributed by atoms with E-state index in [1.807, 2.05) is 40.4 Å². The Labute approximate surface area is 169 Å². The molecule has 0 aliphatic rings. The molecule has 3 N–H and O–H groups in total. The van der Waals surface area contributed by atoms with Gasteiger partial charge in [-0.1, -0.05) is 0 Å². The summed E-state index contributed by atoms with van der Waals surface area (Å²) in [6.45, 7) is 0. The number of hydrogen-bond acceptors (Lipinski definition) is 6. The quantitative estimate of drug-likeness (QED) is 0.335. The number of aromatic carboxylic acids is 1. The summed E-state index contributed by atoms with van der Waals surface area (Å²) in [6.07, 6.45) is 0. The van der Waals surface area contributed by atoms with Gasteiger partial charge in [-0.15, -0.1) is 34.0 Å². The molecule has 0 amide bonds. The highest BCUT2D eigenvalue weighted by molar-refractivity contribution is 7.17. The molecule has 0 saturated carbocycles. The van der Waals surface area contributed by atoms with Gasteiger partial charge >= 0.3 is 5.97 Å². The summed E-state index contributed by atoms with van der Waals surface area (Å²) in [7, 11) is 0. The summed E-state index contributed by atoms with van der Waals surface area (Å²) in [5.74, 6) is 0.487. The molecule has 5 aromatic heterocycles. The number of carboxylic acids is 1. The highest BCUT2D eigenvalue weighted by atomic mass is 32.1. The van der Waals surface area contributed by atoms with Crippen LogP contribution in [0.4, 0.5) is 0 Å². The number of thiophene rings is 3. The molecular formula is C19H10N4O2S3. The predicted octanol–water partition coefficient (Wildman–Crippen LogP) is 5.81. The van der Waals surface area contributed by atoms with E-state index in [-0.39, 0.29) is 0 Å². The van der Waals surface area contributed by atoms with Crippen molar-refractivity contribution < 1.29 is 9.90 Å². The maximum Gasteiger partial charge on any atom is 0.346 e. The van der Waals surface area contributed by atoms with Gasteiger partial charge in [-0.05, 0) is 35.0 Å². The van der Waals surface area contributed by atoms with Gasteiger partial charge in [-0.25, -0.2) is 14.8 Å². The number of imidazole rings is 2. The topological polar surface area (TPSA) is 94.7 Å². The smallest absolute Gasteiger partial charge is 0.346 e. The molecule has 0 atom stereocenters. The zero-order valence-electron chi connectivity index (χ0n) is 14.0. The number of nitrogens with one attached hydrogen (secondary N) is 2. The summed E-state index contributed by atoms with van der Waals surface area (Å²) >= 11 is 4.36. The van der Waals surface area contributed by atoms with Gasteiger partial charge in [0.25, 0.3) is 0 Å². The lowest BCUT2D eigenvalue weighted by atomic mass is 10.0. The van der Waals surface area contributed by atoms with Gasteiger partial charge in [0.15, 0.2) is 0 Å². The fraction of sp³-hybridized carbons (Fsp3) is 0. The van der Waals surface area contributed by atoms with E-state index >= 15 is 0 Å². The maximum absolute atomic E-state index is 11.9. The summed E-state index contributed by atoms with van der Waals surface area (Å²) in [6, 6.07) is 7.88. The Morgan fingerprint density at radius 1 is 0.857 bits per heavy atom. The zero-order chi connectivity index (χ0) is 18.8. The Hall–Kier alpha value is -3.01. The van der Waals surface area contributed by atoms with Crippen molar-refractivity contribution in [1.82, 2.24) is 19.9 Å². The number of carboxylic acid groups (broad SMARTS) is 1. The molecule has 9 heteroatoms. The molecular weight excluding hydrogens is 412 g/mol. The normalized spacial score (nSPS) is 11.9. The summed E-state index contributed by atoms with van der Waals surface area (Å²) in [4.78, 5) is 30.0. The molecule has 0 spiro atoms. The van der Waals surface area contributed by atoms with Crippen LogP contribution >= 0.6 is 34.0 Å². The van der Waals surface area contributed by atoms with Crippen molar-refractivity contribution >= 4 is 71.4 Å². The summed E-state index contributed by atoms with van der Waals surface area (Å²) < 4.78 is 0. The lowest BCUT2D eigenvalue weighted by molar-refractivity contribution is 0.0704. The molecule has 0 aliphatic carbocycles. The number of nitrogens with zero attached hydrogens (tertiary/aromatic N) is 2. The van der Waals surface area contributed by atoms with Gasteiger partial charge < -0.3 is 15.1 Å². The van der Waals surface area contributed by atoms with Crippen LogP contribution in [0.3, 0.4) is 0 Å². The van der Waals surface area contributed by atoms with Gasteiger partial charge in [-0.2, -0.15) is 0 Å². The molecule has 0 fully saturated rings. The number of rotatable bonds is 3. The molecule has 28 heavy (non-hydrogen) atoms. The molecule has 0 unspecified atom stereocenters. The van der Waals surface area contributed by atoms with E-state index in [4.69, 9.17) is 0 Å². The number of aromatic nitrogens is 4. The van der Waals surface area contributed by atoms with Gasteiger partial charge in [-0.3, -0.25) is 0 Å². The standard InChI is InChI=1S/C19H10N4O2S3/c24-19(25)14-13-9(16-21-12-4-6-27-18(12)23-16)2-1-8(10(13)7-28-14)15-20-11-3-5-26-17(11)22-15/h1-7H,(H,20,22)(H,21,23)(H,24,25). The number of H-pyrrole nitrogens is 2. The van der Waals surface area contributed by atoms with Crippen LogP contribution < -0.4 is 0 Å². The fourth-order valence-electron chi connectivity index (χ4n) is 3.46. The molecule has 6 rings (SSSR count). The lowest BCUT2D eigenvalue weighted by Gasteiger charge is -2.06. The molecule has 0 bridgehead atoms. The molecule has 1 aromatic carbocycles. The monoisotopic (exact) mass is 422 g/mol. The average Bonchev–Trinajstić information content (AvgIpc) is 3.43. The minimum atomic E-state index is -0.938. The minimum absolute atomic E-state index is 0.306. The number of aromatic amines is 2. The molecule has 136 valence electrons. The summed E-state index contributed by atoms with van der Waals surface area (Å²) in [5, 5.41) is 17.2. The average molecular weight is 423 g/mol. The van der Waals surface area contributed by atoms with Crippen molar-refractivity contribution in [3.05, 3.63) is 45.3 Å². The van der Waals surface area contributed by atoms with Crippen LogP contribution in [0, 0.1) is 0 Å². The number of carbonyl (C=O) groups is 1. The van der Waals surface area contributed by atoms with Crippen LogP contribution in [-0.2, 0) is 0 Å². The van der Waals surface area contributed by atoms with Crippen molar-refractivity contribution in [3.8, 4) is 22.8 Å². The van der Waals surface area contributed by atoms with Gasteiger partial charge in [0.2, 0.25) is 0 Å². The predicted molar refractivity (Wildman–Crippen MR) is 115 cm³/mol. The SMILES string of the molecule is O=C(O)c1scc2c(-c3nc4sccc4[nH]3)ccc(-c3nc4sccc4[nH]3)c12. The van der Waals surface area contributed by atoms with E-state index in [9.17, 15) is 9.90 Å². The Kier molecular flexibility index (Phi) is 3.28. The Bertz CT molecular complexity index is 1460. The second kappa shape index (κ2) is 5.74. The van der Waals surface area contributed by atoms with Gasteiger partial charge in [0.05, 0.1) is 11.0 Å². The van der Waals surface area contributed by atoms with Crippen molar-refractivity contribution in [2.45, 2.75) is 0 Å². The highest BCUT2D eigenvalue weighted by Gasteiger charge is 2.21. The van der Waals surface area contributed by atoms with Crippen LogP contribution in [0.1, 0.15) is 9.67 Å². The molecule has 6 aromatic rings. The third kappa shape index (κ3) is 2.21. The summed E-state index contributed by atoms with van der Waals surface area (Å²) in [5.41, 5.74) is 3.61. The van der Waals surface area contributed by atoms with Crippen LogP contribution in [0.15, 0.2) is 40.4 Å². The third-order valence-corrected chi connectivity index (χ3v) is 7.28. The zero-order valence-corrected chi connectivity index (χ0v) is 16.5. The van der Waals surface area contributed by atoms with E-state index in [2.05, 4.69) is 19.9 Å². The van der Waals surface area contributed by atoms with E-state index in [0.29, 0.717) is 16.1 Å². The maximum atomic E-state index is 11.9. The van der Waals surface area contributed by atoms with E-state index in [1.54, 1.807) is 22.7 Å². The van der Waals surface area contributed by atoms with E-state index in [0.717, 1.165) is 43.0 Å². The largest absolute Gasteiger partial charge is 0.477 e. The Morgan fingerprint density at radius 3 is 2.07 bits per heavy atom. The molecule has 0 radical (unpaired) electrons. The fourth-order valence-corrected chi connectivity index (χ4v) is 5.82. The van der Waals surface area contributed by atoms with Crippen molar-refractivity contribution in [2.24, 2.45) is 0 Å². The number of benzene rings is 1. The van der Waals surface area contributed by atoms with Crippen LogP contribution in [-0.4, -0.2) is 31.0 Å². The third-order valence-electron chi connectivity index (χ3n) is 4.69. The van der Waals surface area contributed by atoms with Crippen molar-refractivity contribution in [1.29, 1.82) is 0 Å². The molecule has 6 nitrogen and oxygen atoms in total. The first-order valence-corrected chi connectivity index (χ1v) is 11.0. The second-order valence-electron chi connectivity index (χ2n) is 6.27. The van der Waals surface area contributed by atoms with Crippen molar-refractivity contribution in [3.63, 3.8) is 0 Å². The molecule has 0 aliphatic heterocycles. The van der Waals surface area contributed by atoms with Crippen LogP contribution in [0.5, 0.6) is 0 Å².